The van der Waals surface area contributed by atoms with Gasteiger partial charge in [0.15, 0.2) is 0 Å². The molecule has 1 aromatic rings. The Bertz CT molecular complexity index is 623. The molecule has 0 spiro atoms. The highest BCUT2D eigenvalue weighted by Gasteiger charge is 2.27. The Kier molecular flexibility index (Phi) is 5.89. The van der Waals surface area contributed by atoms with Crippen LogP contribution in [0, 0.1) is 0 Å². The monoisotopic (exact) mass is 342 g/mol. The van der Waals surface area contributed by atoms with Gasteiger partial charge in [-0.15, -0.1) is 0 Å². The number of ether oxygens (including phenoxy) is 2. The summed E-state index contributed by atoms with van der Waals surface area (Å²) in [7, 11) is -0.630. The van der Waals surface area contributed by atoms with Crippen molar-refractivity contribution in [1.29, 1.82) is 0 Å². The van der Waals surface area contributed by atoms with Crippen molar-refractivity contribution in [3.8, 4) is 11.5 Å². The van der Waals surface area contributed by atoms with Crippen LogP contribution in [-0.2, 0) is 10.0 Å². The van der Waals surface area contributed by atoms with E-state index in [1.54, 1.807) is 12.1 Å². The van der Waals surface area contributed by atoms with Crippen LogP contribution in [0.15, 0.2) is 23.1 Å². The predicted octanol–water partition coefficient (Wildman–Crippen LogP) is 1.85. The van der Waals surface area contributed by atoms with E-state index in [2.05, 4.69) is 23.5 Å². The maximum absolute atomic E-state index is 12.6. The van der Waals surface area contributed by atoms with E-state index in [0.29, 0.717) is 11.8 Å². The highest BCUT2D eigenvalue weighted by atomic mass is 32.2. The van der Waals surface area contributed by atoms with E-state index < -0.39 is 10.0 Å². The van der Waals surface area contributed by atoms with Crippen molar-refractivity contribution < 1.29 is 17.9 Å². The van der Waals surface area contributed by atoms with Gasteiger partial charge in [-0.25, -0.2) is 13.1 Å². The molecule has 23 heavy (non-hydrogen) atoms. The summed E-state index contributed by atoms with van der Waals surface area (Å²) in [4.78, 5) is 2.51. The average Bonchev–Trinajstić information content (AvgIpc) is 2.54. The number of methoxy groups -OCH3 is 2. The third-order valence-corrected chi connectivity index (χ3v) is 5.80. The first kappa shape index (κ1) is 18.0. The lowest BCUT2D eigenvalue weighted by molar-refractivity contribution is 0.168. The number of rotatable bonds is 6. The van der Waals surface area contributed by atoms with Gasteiger partial charge in [0.2, 0.25) is 10.0 Å². The normalized spacial score (nSPS) is 17.4. The van der Waals surface area contributed by atoms with Crippen molar-refractivity contribution in [2.75, 3.05) is 27.3 Å². The first-order chi connectivity index (χ1) is 10.9. The zero-order valence-electron chi connectivity index (χ0n) is 14.2. The SMILES string of the molecule is COc1ccc(S(=O)(=O)NC2CCN(C(C)C)CC2)c(OC)c1. The Morgan fingerprint density at radius 1 is 1.17 bits per heavy atom. The quantitative estimate of drug-likeness (QED) is 0.855. The van der Waals surface area contributed by atoms with Gasteiger partial charge in [-0.2, -0.15) is 0 Å². The van der Waals surface area contributed by atoms with Crippen molar-refractivity contribution in [2.24, 2.45) is 0 Å². The molecule has 2 rings (SSSR count). The molecule has 1 aliphatic rings. The lowest BCUT2D eigenvalue weighted by atomic mass is 10.1. The summed E-state index contributed by atoms with van der Waals surface area (Å²) in [6, 6.07) is 5.17. The summed E-state index contributed by atoms with van der Waals surface area (Å²) < 4.78 is 38.4. The third-order valence-electron chi connectivity index (χ3n) is 4.24. The Morgan fingerprint density at radius 3 is 2.35 bits per heavy atom. The maximum atomic E-state index is 12.6. The molecule has 0 unspecified atom stereocenters. The number of hydrogen-bond acceptors (Lipinski definition) is 5. The lowest BCUT2D eigenvalue weighted by Gasteiger charge is -2.34. The average molecular weight is 342 g/mol. The van der Waals surface area contributed by atoms with Crippen molar-refractivity contribution in [2.45, 2.75) is 43.7 Å². The Labute approximate surface area is 138 Å². The number of nitrogens with one attached hydrogen (secondary N) is 1. The predicted molar refractivity (Wildman–Crippen MR) is 89.6 cm³/mol. The van der Waals surface area contributed by atoms with E-state index in [-0.39, 0.29) is 16.7 Å². The van der Waals surface area contributed by atoms with Gasteiger partial charge in [-0.1, -0.05) is 0 Å². The van der Waals surface area contributed by atoms with Gasteiger partial charge >= 0.3 is 0 Å². The van der Waals surface area contributed by atoms with Crippen LogP contribution in [0.2, 0.25) is 0 Å². The van der Waals surface area contributed by atoms with Gasteiger partial charge < -0.3 is 14.4 Å². The fourth-order valence-electron chi connectivity index (χ4n) is 2.81. The highest BCUT2D eigenvalue weighted by molar-refractivity contribution is 7.89. The lowest BCUT2D eigenvalue weighted by Crippen LogP contribution is -2.46. The Hall–Kier alpha value is -1.31. The number of hydrogen-bond donors (Lipinski definition) is 1. The minimum absolute atomic E-state index is 0.0400. The molecule has 0 bridgehead atoms. The summed E-state index contributed by atoms with van der Waals surface area (Å²) in [5.41, 5.74) is 0. The molecule has 1 aromatic carbocycles. The van der Waals surface area contributed by atoms with Crippen molar-refractivity contribution in [3.05, 3.63) is 18.2 Å². The molecule has 130 valence electrons. The second kappa shape index (κ2) is 7.51. The molecule has 6 nitrogen and oxygen atoms in total. The van der Waals surface area contributed by atoms with Gasteiger partial charge in [0.25, 0.3) is 0 Å². The smallest absolute Gasteiger partial charge is 0.244 e. The molecule has 1 fully saturated rings. The molecule has 1 heterocycles. The van der Waals surface area contributed by atoms with Crippen LogP contribution in [0.3, 0.4) is 0 Å². The summed E-state index contributed by atoms with van der Waals surface area (Å²) in [6.45, 7) is 6.13. The maximum Gasteiger partial charge on any atom is 0.244 e. The number of nitrogens with zero attached hydrogens (tertiary/aromatic N) is 1. The van der Waals surface area contributed by atoms with E-state index in [1.165, 1.54) is 20.3 Å². The van der Waals surface area contributed by atoms with Gasteiger partial charge in [0, 0.05) is 18.2 Å². The minimum atomic E-state index is -3.61. The molecular weight excluding hydrogens is 316 g/mol. The zero-order valence-corrected chi connectivity index (χ0v) is 15.0. The summed E-state index contributed by atoms with van der Waals surface area (Å²) in [5.74, 6) is 0.850. The largest absolute Gasteiger partial charge is 0.497 e. The van der Waals surface area contributed by atoms with E-state index in [9.17, 15) is 8.42 Å². The van der Waals surface area contributed by atoms with Gasteiger partial charge in [0.05, 0.1) is 14.2 Å². The Balaban J connectivity index is 2.11. The summed E-state index contributed by atoms with van der Waals surface area (Å²) in [5, 5.41) is 0. The van der Waals surface area contributed by atoms with E-state index >= 15 is 0 Å². The second-order valence-electron chi connectivity index (χ2n) is 6.04. The molecule has 1 N–H and O–H groups in total. The first-order valence-corrected chi connectivity index (χ1v) is 9.34. The number of piperidine rings is 1. The van der Waals surface area contributed by atoms with Crippen LogP contribution in [-0.4, -0.2) is 52.7 Å². The van der Waals surface area contributed by atoms with Gasteiger partial charge in [-0.05, 0) is 51.9 Å². The molecule has 0 amide bonds. The molecule has 0 radical (unpaired) electrons. The molecule has 0 aromatic heterocycles. The van der Waals surface area contributed by atoms with E-state index in [1.807, 2.05) is 0 Å². The number of likely N-dealkylation sites (tertiary alicyclic amines) is 1. The fourth-order valence-corrected chi connectivity index (χ4v) is 4.27. The van der Waals surface area contributed by atoms with Crippen LogP contribution in [0.25, 0.3) is 0 Å². The van der Waals surface area contributed by atoms with Gasteiger partial charge in [-0.3, -0.25) is 0 Å². The highest BCUT2D eigenvalue weighted by Crippen LogP contribution is 2.29. The molecule has 1 saturated heterocycles. The van der Waals surface area contributed by atoms with Crippen LogP contribution in [0.1, 0.15) is 26.7 Å². The van der Waals surface area contributed by atoms with Crippen LogP contribution in [0.4, 0.5) is 0 Å². The second-order valence-corrected chi connectivity index (χ2v) is 7.72. The van der Waals surface area contributed by atoms with Gasteiger partial charge in [0.1, 0.15) is 16.4 Å². The van der Waals surface area contributed by atoms with E-state index in [0.717, 1.165) is 25.9 Å². The zero-order chi connectivity index (χ0) is 17.0. The van der Waals surface area contributed by atoms with E-state index in [4.69, 9.17) is 9.47 Å². The molecular formula is C16H26N2O4S. The summed E-state index contributed by atoms with van der Waals surface area (Å²) in [6.07, 6.45) is 1.63. The van der Waals surface area contributed by atoms with Crippen LogP contribution < -0.4 is 14.2 Å². The topological polar surface area (TPSA) is 67.9 Å². The van der Waals surface area contributed by atoms with Crippen LogP contribution >= 0.6 is 0 Å². The molecule has 0 atom stereocenters. The number of benzene rings is 1. The van der Waals surface area contributed by atoms with Crippen molar-refractivity contribution >= 4 is 10.0 Å². The minimum Gasteiger partial charge on any atom is -0.497 e. The van der Waals surface area contributed by atoms with Crippen molar-refractivity contribution in [3.63, 3.8) is 0 Å². The fraction of sp³-hybridized carbons (Fsp3) is 0.625. The first-order valence-electron chi connectivity index (χ1n) is 7.85. The molecule has 0 saturated carbocycles. The standard InChI is InChI=1S/C16H26N2O4S/c1-12(2)18-9-7-13(8-10-18)17-23(19,20)16-6-5-14(21-3)11-15(16)22-4/h5-6,11-13,17H,7-10H2,1-4H3. The number of sulfonamides is 1. The molecule has 0 aliphatic carbocycles. The summed E-state index contributed by atoms with van der Waals surface area (Å²) >= 11 is 0. The molecule has 1 aliphatic heterocycles. The third kappa shape index (κ3) is 4.37. The molecule has 7 heteroatoms. The van der Waals surface area contributed by atoms with Crippen molar-refractivity contribution in [1.82, 2.24) is 9.62 Å². The van der Waals surface area contributed by atoms with Crippen LogP contribution in [0.5, 0.6) is 11.5 Å². The Morgan fingerprint density at radius 2 is 1.83 bits per heavy atom.